The molecule has 0 fully saturated rings. The third kappa shape index (κ3) is 6.89. The molecule has 10 heteroatoms. The standard InChI is InChI=1S/C16H21BrN2O7/c1-4-25-14-11(17)7-10(8-12(14)24-3)15(21)26-9-13(20)19-16(22)18-5-6-23-2/h7-8H,4-6,9H2,1-3H3,(H2,18,19,20,22). The van der Waals surface area contributed by atoms with Gasteiger partial charge >= 0.3 is 12.0 Å². The number of esters is 1. The zero-order valence-electron chi connectivity index (χ0n) is 14.7. The second-order valence-electron chi connectivity index (χ2n) is 4.80. The summed E-state index contributed by atoms with van der Waals surface area (Å²) in [4.78, 5) is 35.1. The summed E-state index contributed by atoms with van der Waals surface area (Å²) in [6, 6.07) is 2.23. The molecule has 0 spiro atoms. The van der Waals surface area contributed by atoms with E-state index in [1.165, 1.54) is 26.4 Å². The quantitative estimate of drug-likeness (QED) is 0.448. The molecule has 0 saturated heterocycles. The van der Waals surface area contributed by atoms with Crippen molar-refractivity contribution in [1.29, 1.82) is 0 Å². The lowest BCUT2D eigenvalue weighted by atomic mass is 10.2. The van der Waals surface area contributed by atoms with E-state index in [-0.39, 0.29) is 12.1 Å². The number of methoxy groups -OCH3 is 2. The Bertz CT molecular complexity index is 652. The number of halogens is 1. The van der Waals surface area contributed by atoms with Crippen molar-refractivity contribution < 1.29 is 33.3 Å². The second-order valence-corrected chi connectivity index (χ2v) is 5.65. The lowest BCUT2D eigenvalue weighted by Crippen LogP contribution is -2.42. The smallest absolute Gasteiger partial charge is 0.338 e. The number of benzene rings is 1. The van der Waals surface area contributed by atoms with Gasteiger partial charge in [-0.15, -0.1) is 0 Å². The normalized spacial score (nSPS) is 10.0. The van der Waals surface area contributed by atoms with Gasteiger partial charge in [-0.05, 0) is 35.0 Å². The SMILES string of the molecule is CCOc1c(Br)cc(C(=O)OCC(=O)NC(=O)NCCOC)cc1OC. The van der Waals surface area contributed by atoms with E-state index in [1.54, 1.807) is 0 Å². The van der Waals surface area contributed by atoms with Gasteiger partial charge in [0.05, 0.1) is 30.4 Å². The van der Waals surface area contributed by atoms with Crippen LogP contribution in [0.1, 0.15) is 17.3 Å². The molecular weight excluding hydrogens is 412 g/mol. The molecule has 0 saturated carbocycles. The van der Waals surface area contributed by atoms with Gasteiger partial charge in [0, 0.05) is 13.7 Å². The molecule has 1 rings (SSSR count). The Morgan fingerprint density at radius 1 is 1.19 bits per heavy atom. The minimum Gasteiger partial charge on any atom is -0.493 e. The summed E-state index contributed by atoms with van der Waals surface area (Å²) in [5.41, 5.74) is 0.162. The molecule has 0 bridgehead atoms. The molecule has 1 aromatic rings. The average Bonchev–Trinajstić information content (AvgIpc) is 2.61. The van der Waals surface area contributed by atoms with Crippen molar-refractivity contribution in [2.24, 2.45) is 0 Å². The molecule has 0 atom stereocenters. The van der Waals surface area contributed by atoms with Crippen molar-refractivity contribution in [3.8, 4) is 11.5 Å². The van der Waals surface area contributed by atoms with Crippen LogP contribution < -0.4 is 20.1 Å². The van der Waals surface area contributed by atoms with E-state index in [2.05, 4.69) is 21.2 Å². The molecule has 0 unspecified atom stereocenters. The number of rotatable bonds is 9. The Morgan fingerprint density at radius 2 is 1.92 bits per heavy atom. The maximum atomic E-state index is 12.1. The Morgan fingerprint density at radius 3 is 2.54 bits per heavy atom. The maximum absolute atomic E-state index is 12.1. The van der Waals surface area contributed by atoms with Gasteiger partial charge in [-0.1, -0.05) is 0 Å². The van der Waals surface area contributed by atoms with Crippen LogP contribution in [0.15, 0.2) is 16.6 Å². The summed E-state index contributed by atoms with van der Waals surface area (Å²) in [6.07, 6.45) is 0. The molecule has 0 aliphatic rings. The minimum absolute atomic E-state index is 0.162. The van der Waals surface area contributed by atoms with E-state index in [0.29, 0.717) is 29.2 Å². The van der Waals surface area contributed by atoms with Crippen LogP contribution in [0.5, 0.6) is 11.5 Å². The van der Waals surface area contributed by atoms with Crippen LogP contribution in [0.2, 0.25) is 0 Å². The molecule has 26 heavy (non-hydrogen) atoms. The second kappa shape index (κ2) is 11.3. The van der Waals surface area contributed by atoms with Gasteiger partial charge in [-0.25, -0.2) is 9.59 Å². The molecular formula is C16H21BrN2O7. The van der Waals surface area contributed by atoms with Gasteiger partial charge in [0.1, 0.15) is 0 Å². The van der Waals surface area contributed by atoms with Gasteiger partial charge < -0.3 is 24.3 Å². The number of amides is 3. The number of imide groups is 1. The Hall–Kier alpha value is -2.33. The van der Waals surface area contributed by atoms with E-state index in [4.69, 9.17) is 18.9 Å². The zero-order chi connectivity index (χ0) is 19.5. The highest BCUT2D eigenvalue weighted by Gasteiger charge is 2.17. The summed E-state index contributed by atoms with van der Waals surface area (Å²) in [5, 5.41) is 4.43. The first-order valence-corrected chi connectivity index (χ1v) is 8.46. The molecule has 0 radical (unpaired) electrons. The van der Waals surface area contributed by atoms with E-state index < -0.39 is 24.5 Å². The minimum atomic E-state index is -0.759. The molecule has 3 amide bonds. The third-order valence-corrected chi connectivity index (χ3v) is 3.52. The van der Waals surface area contributed by atoms with Gasteiger partial charge in [-0.2, -0.15) is 0 Å². The Kier molecular flexibility index (Phi) is 9.45. The van der Waals surface area contributed by atoms with Crippen LogP contribution in [0.25, 0.3) is 0 Å². The molecule has 9 nitrogen and oxygen atoms in total. The summed E-state index contributed by atoms with van der Waals surface area (Å²) in [5.74, 6) is -0.709. The van der Waals surface area contributed by atoms with Crippen molar-refractivity contribution in [3.05, 3.63) is 22.2 Å². The van der Waals surface area contributed by atoms with Gasteiger partial charge in [0.15, 0.2) is 18.1 Å². The van der Waals surface area contributed by atoms with Crippen LogP contribution in [-0.4, -0.2) is 58.5 Å². The van der Waals surface area contributed by atoms with Crippen molar-refractivity contribution >= 4 is 33.8 Å². The predicted octanol–water partition coefficient (Wildman–Crippen LogP) is 1.49. The first-order valence-electron chi connectivity index (χ1n) is 7.67. The van der Waals surface area contributed by atoms with E-state index >= 15 is 0 Å². The molecule has 0 aliphatic carbocycles. The molecule has 144 valence electrons. The molecule has 1 aromatic carbocycles. The van der Waals surface area contributed by atoms with E-state index in [1.807, 2.05) is 12.2 Å². The first kappa shape index (κ1) is 21.7. The van der Waals surface area contributed by atoms with E-state index in [9.17, 15) is 14.4 Å². The third-order valence-electron chi connectivity index (χ3n) is 2.93. The highest BCUT2D eigenvalue weighted by Crippen LogP contribution is 2.36. The van der Waals surface area contributed by atoms with Crippen molar-refractivity contribution in [1.82, 2.24) is 10.6 Å². The first-order chi connectivity index (χ1) is 12.4. The lowest BCUT2D eigenvalue weighted by Gasteiger charge is -2.13. The molecule has 0 aromatic heterocycles. The highest BCUT2D eigenvalue weighted by atomic mass is 79.9. The van der Waals surface area contributed by atoms with Gasteiger partial charge in [0.2, 0.25) is 0 Å². The summed E-state index contributed by atoms with van der Waals surface area (Å²) >= 11 is 3.30. The molecule has 0 aliphatic heterocycles. The molecule has 0 heterocycles. The maximum Gasteiger partial charge on any atom is 0.338 e. The van der Waals surface area contributed by atoms with Crippen LogP contribution in [0.4, 0.5) is 4.79 Å². The fraction of sp³-hybridized carbons (Fsp3) is 0.438. The molecule has 2 N–H and O–H groups in total. The Labute approximate surface area is 159 Å². The van der Waals surface area contributed by atoms with Crippen molar-refractivity contribution in [2.75, 3.05) is 40.6 Å². The zero-order valence-corrected chi connectivity index (χ0v) is 16.3. The number of hydrogen-bond donors (Lipinski definition) is 2. The summed E-state index contributed by atoms with van der Waals surface area (Å²) in [6.45, 7) is 2.19. The van der Waals surface area contributed by atoms with Gasteiger partial charge in [-0.3, -0.25) is 10.1 Å². The fourth-order valence-electron chi connectivity index (χ4n) is 1.81. The number of nitrogens with one attached hydrogen (secondary N) is 2. The number of carbonyl (C=O) groups excluding carboxylic acids is 3. The van der Waals surface area contributed by atoms with Crippen LogP contribution >= 0.6 is 15.9 Å². The summed E-state index contributed by atoms with van der Waals surface area (Å²) < 4.78 is 20.8. The number of carbonyl (C=O) groups is 3. The monoisotopic (exact) mass is 432 g/mol. The lowest BCUT2D eigenvalue weighted by molar-refractivity contribution is -0.123. The van der Waals surface area contributed by atoms with Gasteiger partial charge in [0.25, 0.3) is 5.91 Å². The number of hydrogen-bond acceptors (Lipinski definition) is 7. The number of urea groups is 1. The fourth-order valence-corrected chi connectivity index (χ4v) is 2.37. The summed E-state index contributed by atoms with van der Waals surface area (Å²) in [7, 11) is 2.92. The number of ether oxygens (including phenoxy) is 4. The highest BCUT2D eigenvalue weighted by molar-refractivity contribution is 9.10. The van der Waals surface area contributed by atoms with E-state index in [0.717, 1.165) is 0 Å². The van der Waals surface area contributed by atoms with Crippen molar-refractivity contribution in [2.45, 2.75) is 6.92 Å². The Balaban J connectivity index is 2.61. The average molecular weight is 433 g/mol. The van der Waals surface area contributed by atoms with Crippen molar-refractivity contribution in [3.63, 3.8) is 0 Å². The largest absolute Gasteiger partial charge is 0.493 e. The van der Waals surface area contributed by atoms with Crippen LogP contribution in [-0.2, 0) is 14.3 Å². The topological polar surface area (TPSA) is 112 Å². The predicted molar refractivity (Wildman–Crippen MR) is 95.6 cm³/mol. The van der Waals surface area contributed by atoms with Crippen LogP contribution in [0, 0.1) is 0 Å². The van der Waals surface area contributed by atoms with Crippen LogP contribution in [0.3, 0.4) is 0 Å².